The number of hydrogen-bond donors (Lipinski definition) is 2. The van der Waals surface area contributed by atoms with Crippen LogP contribution in [0.2, 0.25) is 5.02 Å². The van der Waals surface area contributed by atoms with Gasteiger partial charge in [0.05, 0.1) is 5.75 Å². The number of ether oxygens (including phenoxy) is 1. The maximum atomic E-state index is 14.7. The van der Waals surface area contributed by atoms with E-state index in [2.05, 4.69) is 22.2 Å². The summed E-state index contributed by atoms with van der Waals surface area (Å²) in [6.45, 7) is 2.78. The van der Waals surface area contributed by atoms with Crippen molar-refractivity contribution in [3.63, 3.8) is 0 Å². The van der Waals surface area contributed by atoms with Crippen molar-refractivity contribution in [1.82, 2.24) is 10.0 Å². The van der Waals surface area contributed by atoms with Gasteiger partial charge >= 0.3 is 0 Å². The molecule has 0 amide bonds. The van der Waals surface area contributed by atoms with Gasteiger partial charge in [0, 0.05) is 23.0 Å². The first-order valence-electron chi connectivity index (χ1n) is 11.3. The maximum absolute atomic E-state index is 14.7. The van der Waals surface area contributed by atoms with Crippen LogP contribution < -0.4 is 14.8 Å². The standard InChI is InChI=1S/C24H30ClFN2O3S.ClH/c1-2-14-32(29,30)28-12-13-31-22-16-20-17(15-21(22)26)8-11-27-23(20)24(9-3-10-24)18-4-6-19(25)7-5-18;/h4-7,15-16,23,27-28H,2-3,8-14H2,1H3;1H. The molecule has 1 aliphatic carbocycles. The zero-order valence-corrected chi connectivity index (χ0v) is 21.1. The highest BCUT2D eigenvalue weighted by atomic mass is 35.5. The van der Waals surface area contributed by atoms with Crippen molar-refractivity contribution in [2.75, 3.05) is 25.4 Å². The van der Waals surface area contributed by atoms with Gasteiger partial charge in [-0.25, -0.2) is 17.5 Å². The van der Waals surface area contributed by atoms with Crippen LogP contribution in [0.25, 0.3) is 0 Å². The predicted molar refractivity (Wildman–Crippen MR) is 133 cm³/mol. The van der Waals surface area contributed by atoms with Crippen molar-refractivity contribution in [2.24, 2.45) is 0 Å². The summed E-state index contributed by atoms with van der Waals surface area (Å²) >= 11 is 6.12. The number of fused-ring (bicyclic) bond motifs is 1. The van der Waals surface area contributed by atoms with Crippen molar-refractivity contribution < 1.29 is 17.5 Å². The molecule has 2 aromatic rings. The molecule has 33 heavy (non-hydrogen) atoms. The molecule has 2 aliphatic rings. The van der Waals surface area contributed by atoms with Gasteiger partial charge < -0.3 is 10.1 Å². The quantitative estimate of drug-likeness (QED) is 0.464. The SMILES string of the molecule is CCCS(=O)(=O)NCCOc1cc2c(cc1F)CCNC2C1(c2ccc(Cl)cc2)CCC1.Cl. The van der Waals surface area contributed by atoms with E-state index in [1.54, 1.807) is 12.1 Å². The second-order valence-corrected chi connectivity index (χ2v) is 11.1. The van der Waals surface area contributed by atoms with E-state index < -0.39 is 15.8 Å². The Morgan fingerprint density at radius 2 is 1.97 bits per heavy atom. The second kappa shape index (κ2) is 10.9. The van der Waals surface area contributed by atoms with Gasteiger partial charge in [0.15, 0.2) is 11.6 Å². The number of halogens is 3. The van der Waals surface area contributed by atoms with Crippen molar-refractivity contribution in [1.29, 1.82) is 0 Å². The van der Waals surface area contributed by atoms with Gasteiger partial charge in [-0.1, -0.05) is 37.1 Å². The molecule has 0 radical (unpaired) electrons. The van der Waals surface area contributed by atoms with E-state index in [1.807, 2.05) is 19.1 Å². The van der Waals surface area contributed by atoms with Crippen LogP contribution >= 0.6 is 24.0 Å². The number of nitrogens with one attached hydrogen (secondary N) is 2. The molecule has 1 fully saturated rings. The molecule has 1 unspecified atom stereocenters. The molecular weight excluding hydrogens is 486 g/mol. The number of rotatable bonds is 9. The summed E-state index contributed by atoms with van der Waals surface area (Å²) in [4.78, 5) is 0. The van der Waals surface area contributed by atoms with Gasteiger partial charge in [0.2, 0.25) is 10.0 Å². The van der Waals surface area contributed by atoms with Gasteiger partial charge in [-0.2, -0.15) is 0 Å². The maximum Gasteiger partial charge on any atom is 0.211 e. The van der Waals surface area contributed by atoms with Gasteiger partial charge in [-0.15, -0.1) is 12.4 Å². The first-order chi connectivity index (χ1) is 15.3. The van der Waals surface area contributed by atoms with Crippen LogP contribution in [0.5, 0.6) is 5.75 Å². The lowest BCUT2D eigenvalue weighted by atomic mass is 9.58. The largest absolute Gasteiger partial charge is 0.489 e. The lowest BCUT2D eigenvalue weighted by molar-refractivity contribution is 0.164. The van der Waals surface area contributed by atoms with Crippen molar-refractivity contribution >= 4 is 34.0 Å². The first-order valence-corrected chi connectivity index (χ1v) is 13.3. The zero-order chi connectivity index (χ0) is 22.8. The van der Waals surface area contributed by atoms with Crippen LogP contribution in [0.3, 0.4) is 0 Å². The Kier molecular flexibility index (Phi) is 8.67. The summed E-state index contributed by atoms with van der Waals surface area (Å²) in [5, 5.41) is 4.39. The molecule has 1 atom stereocenters. The molecule has 0 saturated heterocycles. The molecule has 1 aliphatic heterocycles. The highest BCUT2D eigenvalue weighted by molar-refractivity contribution is 7.89. The highest BCUT2D eigenvalue weighted by Crippen LogP contribution is 2.54. The molecule has 5 nitrogen and oxygen atoms in total. The Bertz CT molecular complexity index is 1060. The van der Waals surface area contributed by atoms with Crippen LogP contribution in [-0.4, -0.2) is 33.9 Å². The van der Waals surface area contributed by atoms with Gasteiger partial charge in [0.1, 0.15) is 6.61 Å². The van der Waals surface area contributed by atoms with E-state index in [4.69, 9.17) is 16.3 Å². The van der Waals surface area contributed by atoms with Gasteiger partial charge in [0.25, 0.3) is 0 Å². The van der Waals surface area contributed by atoms with Crippen LogP contribution in [-0.2, 0) is 21.9 Å². The normalized spacial score (nSPS) is 19.2. The lowest BCUT2D eigenvalue weighted by Gasteiger charge is -2.50. The Balaban J connectivity index is 0.00000306. The summed E-state index contributed by atoms with van der Waals surface area (Å²) in [5.74, 6) is -0.173. The molecule has 9 heteroatoms. The Hall–Kier alpha value is -1.38. The summed E-state index contributed by atoms with van der Waals surface area (Å²) in [7, 11) is -3.31. The summed E-state index contributed by atoms with van der Waals surface area (Å²) in [6.07, 6.45) is 4.56. The van der Waals surface area contributed by atoms with Crippen molar-refractivity contribution in [3.8, 4) is 5.75 Å². The molecule has 2 aromatic carbocycles. The van der Waals surface area contributed by atoms with E-state index >= 15 is 0 Å². The smallest absolute Gasteiger partial charge is 0.211 e. The Morgan fingerprint density at radius 1 is 1.24 bits per heavy atom. The molecule has 2 N–H and O–H groups in total. The number of hydrogen-bond acceptors (Lipinski definition) is 4. The van der Waals surface area contributed by atoms with E-state index in [0.29, 0.717) is 11.4 Å². The van der Waals surface area contributed by atoms with E-state index in [0.717, 1.165) is 43.4 Å². The predicted octanol–water partition coefficient (Wildman–Crippen LogP) is 4.92. The van der Waals surface area contributed by atoms with E-state index in [9.17, 15) is 12.8 Å². The molecule has 4 rings (SSSR count). The van der Waals surface area contributed by atoms with E-state index in [-0.39, 0.29) is 48.5 Å². The first kappa shape index (κ1) is 26.2. The Labute approximate surface area is 206 Å². The summed E-state index contributed by atoms with van der Waals surface area (Å²) in [6, 6.07) is 11.5. The fourth-order valence-corrected chi connectivity index (χ4v) is 6.15. The van der Waals surface area contributed by atoms with Crippen LogP contribution in [0.4, 0.5) is 4.39 Å². The molecule has 1 heterocycles. The van der Waals surface area contributed by atoms with Crippen molar-refractivity contribution in [3.05, 3.63) is 63.9 Å². The van der Waals surface area contributed by atoms with Crippen LogP contribution in [0, 0.1) is 5.82 Å². The fourth-order valence-electron chi connectivity index (χ4n) is 4.94. The molecule has 0 bridgehead atoms. The average molecular weight is 517 g/mol. The minimum atomic E-state index is -3.31. The zero-order valence-electron chi connectivity index (χ0n) is 18.7. The molecular formula is C24H31Cl2FN2O3S. The third kappa shape index (κ3) is 5.65. The third-order valence-corrected chi connectivity index (χ3v) is 8.46. The Morgan fingerprint density at radius 3 is 2.61 bits per heavy atom. The van der Waals surface area contributed by atoms with Crippen LogP contribution in [0.15, 0.2) is 36.4 Å². The second-order valence-electron chi connectivity index (χ2n) is 8.70. The van der Waals surface area contributed by atoms with E-state index in [1.165, 1.54) is 5.56 Å². The molecule has 1 saturated carbocycles. The minimum absolute atomic E-state index is 0. The molecule has 0 aromatic heterocycles. The third-order valence-electron chi connectivity index (χ3n) is 6.62. The minimum Gasteiger partial charge on any atom is -0.489 e. The molecule has 0 spiro atoms. The summed E-state index contributed by atoms with van der Waals surface area (Å²) in [5.41, 5.74) is 3.26. The lowest BCUT2D eigenvalue weighted by Crippen LogP contribution is -2.49. The topological polar surface area (TPSA) is 67.4 Å². The molecule has 182 valence electrons. The fraction of sp³-hybridized carbons (Fsp3) is 0.500. The average Bonchev–Trinajstić information content (AvgIpc) is 2.72. The van der Waals surface area contributed by atoms with Gasteiger partial charge in [-0.3, -0.25) is 0 Å². The van der Waals surface area contributed by atoms with Crippen LogP contribution in [0.1, 0.15) is 55.3 Å². The van der Waals surface area contributed by atoms with Crippen molar-refractivity contribution in [2.45, 2.75) is 50.5 Å². The number of benzene rings is 2. The summed E-state index contributed by atoms with van der Waals surface area (Å²) < 4.78 is 46.5. The van der Waals surface area contributed by atoms with Gasteiger partial charge in [-0.05, 0) is 73.2 Å². The number of sulfonamides is 1. The highest BCUT2D eigenvalue weighted by Gasteiger charge is 2.47. The monoisotopic (exact) mass is 516 g/mol.